The Morgan fingerprint density at radius 3 is 1.15 bits per heavy atom. The van der Waals surface area contributed by atoms with Gasteiger partial charge in [0.1, 0.15) is 72.0 Å². The van der Waals surface area contributed by atoms with Crippen LogP contribution < -0.4 is 0 Å². The number of hydrogen-bond donors (Lipinski definition) is 0. The van der Waals surface area contributed by atoms with E-state index in [4.69, 9.17) is 54.4 Å². The second kappa shape index (κ2) is 31.9. The summed E-state index contributed by atoms with van der Waals surface area (Å²) >= 11 is 1.66. The number of nitriles is 1. The van der Waals surface area contributed by atoms with Crippen LogP contribution in [0.5, 0.6) is 0 Å². The standard InChI is InChI=1S/C50H29N3O2.C45H24N4OS.C32H19N3O/c1-3-13-30(14-4-1)37-28-41-46(29-38(37)31-15-5-2-6-16-31)55-50-48(41)51-49(47(52-50)34-23-24-45-40(26-34)36-20-10-12-22-44(36)54-45)53-42-21-11-9-19-35(42)39-25-32-17-7-8-18-33(32)27-43(39)53;46-25-26-13-15-27(16-14-26)30-18-20-41-36(22-30)43-45(51-41)48-42(31-17-19-40-35(23-31)33-10-4-6-12-39(33)50-40)44(47-43)49-37-11-5-3-9-32(37)34-21-28-7-1-2-8-29(28)24-38(34)49;1-2-10-20(11-3-1)29-31(34-32-30(33-29)24-15-7-9-17-28(24)36-32)35-26-16-8-6-14-23(26)25-18-21-12-4-5-13-22(21)19-27(25)35/h1-29H;1-24H;1-19H/i;;1D,2D,3D,10D,11D. The maximum Gasteiger partial charge on any atom is 0.248 e. The Morgan fingerprint density at radius 1 is 0.239 bits per heavy atom. The molecule has 31 rings (SSSR count). The molecule has 0 spiro atoms. The van der Waals surface area contributed by atoms with Gasteiger partial charge in [0.25, 0.3) is 0 Å². The predicted molar refractivity (Wildman–Crippen MR) is 581 cm³/mol. The maximum absolute atomic E-state index is 9.34. The number of rotatable bonds is 9. The van der Waals surface area contributed by atoms with Crippen LogP contribution >= 0.6 is 11.3 Å². The summed E-state index contributed by atoms with van der Waals surface area (Å²) in [4.78, 5) is 32.9. The van der Waals surface area contributed by atoms with E-state index < -0.39 is 18.1 Å². The van der Waals surface area contributed by atoms with E-state index in [1.165, 1.54) is 26.9 Å². The summed E-state index contributed by atoms with van der Waals surface area (Å²) in [6, 6.07) is 140. The molecule has 142 heavy (non-hydrogen) atoms. The minimum absolute atomic E-state index is 0.0163. The molecular weight excluding hydrogens is 1760 g/mol. The molecule has 11 heterocycles. The van der Waals surface area contributed by atoms with E-state index in [1.807, 2.05) is 144 Å². The highest BCUT2D eigenvalue weighted by atomic mass is 32.1. The highest BCUT2D eigenvalue weighted by Crippen LogP contribution is 2.49. The molecule has 31 aromatic rings. The molecule has 0 N–H and O–H groups in total. The van der Waals surface area contributed by atoms with Crippen LogP contribution in [0.3, 0.4) is 0 Å². The molecule has 0 radical (unpaired) electrons. The smallest absolute Gasteiger partial charge is 0.248 e. The zero-order chi connectivity index (χ0) is 97.7. The highest BCUT2D eigenvalue weighted by molar-refractivity contribution is 7.25. The van der Waals surface area contributed by atoms with Crippen molar-refractivity contribution in [3.63, 3.8) is 0 Å². The van der Waals surface area contributed by atoms with Crippen molar-refractivity contribution in [2.24, 2.45) is 0 Å². The number of furan rings is 4. The number of para-hydroxylation sites is 6. The highest BCUT2D eigenvalue weighted by Gasteiger charge is 2.29. The molecule has 0 bridgehead atoms. The molecule has 0 saturated heterocycles. The lowest BCUT2D eigenvalue weighted by Gasteiger charge is -2.13. The third-order valence-corrected chi connectivity index (χ3v) is 28.8. The first-order valence-corrected chi connectivity index (χ1v) is 47.7. The molecule has 0 saturated carbocycles. The number of aromatic nitrogens is 9. The van der Waals surface area contributed by atoms with E-state index >= 15 is 0 Å². The molecule has 15 heteroatoms. The summed E-state index contributed by atoms with van der Waals surface area (Å²) in [5.74, 6) is 1.83. The van der Waals surface area contributed by atoms with Gasteiger partial charge in [-0.3, -0.25) is 13.7 Å². The van der Waals surface area contributed by atoms with Gasteiger partial charge in [0.15, 0.2) is 17.5 Å². The van der Waals surface area contributed by atoms with Crippen LogP contribution in [-0.4, -0.2) is 43.6 Å². The van der Waals surface area contributed by atoms with Gasteiger partial charge >= 0.3 is 0 Å². The molecule has 0 amide bonds. The van der Waals surface area contributed by atoms with Gasteiger partial charge in [-0.15, -0.1) is 11.3 Å². The fraction of sp³-hybridized carbons (Fsp3) is 0. The van der Waals surface area contributed by atoms with E-state index in [1.54, 1.807) is 11.3 Å². The maximum atomic E-state index is 9.34. The summed E-state index contributed by atoms with van der Waals surface area (Å²) < 4.78 is 75.4. The zero-order valence-electron chi connectivity index (χ0n) is 80.2. The van der Waals surface area contributed by atoms with Gasteiger partial charge in [-0.05, 0) is 217 Å². The van der Waals surface area contributed by atoms with Crippen molar-refractivity contribution in [2.45, 2.75) is 0 Å². The predicted octanol–water partition coefficient (Wildman–Crippen LogP) is 34.0. The minimum Gasteiger partial charge on any atom is -0.456 e. The third-order valence-electron chi connectivity index (χ3n) is 27.7. The van der Waals surface area contributed by atoms with E-state index in [9.17, 15) is 5.26 Å². The van der Waals surface area contributed by atoms with E-state index in [2.05, 4.69) is 282 Å². The molecule has 0 aliphatic heterocycles. The second-order valence-electron chi connectivity index (χ2n) is 35.8. The van der Waals surface area contributed by atoms with E-state index in [0.29, 0.717) is 39.4 Å². The summed E-state index contributed by atoms with van der Waals surface area (Å²) in [6.45, 7) is 0. The van der Waals surface area contributed by atoms with E-state index in [0.717, 1.165) is 219 Å². The monoisotopic (exact) mass is 1840 g/mol. The summed E-state index contributed by atoms with van der Waals surface area (Å²) in [5, 5.41) is 29.7. The van der Waals surface area contributed by atoms with Crippen LogP contribution in [0.15, 0.2) is 454 Å². The van der Waals surface area contributed by atoms with Crippen molar-refractivity contribution in [1.29, 1.82) is 5.26 Å². The second-order valence-corrected chi connectivity index (χ2v) is 36.8. The topological polar surface area (TPSA) is 168 Å². The fourth-order valence-electron chi connectivity index (χ4n) is 21.1. The first-order valence-electron chi connectivity index (χ1n) is 49.4. The Balaban J connectivity index is 0.000000105. The van der Waals surface area contributed by atoms with Gasteiger partial charge in [-0.2, -0.15) is 10.2 Å². The summed E-state index contributed by atoms with van der Waals surface area (Å²) in [6.07, 6.45) is 0. The number of benzene rings is 20. The molecule has 660 valence electrons. The van der Waals surface area contributed by atoms with Crippen LogP contribution in [0.2, 0.25) is 0 Å². The van der Waals surface area contributed by atoms with Gasteiger partial charge in [-0.1, -0.05) is 285 Å². The average Bonchev–Trinajstić information content (AvgIpc) is 1.58. The Bertz CT molecular complexity index is 11100. The average molecular weight is 1840 g/mol. The molecular formula is C127H72N10O4S. The molecule has 0 aliphatic rings. The van der Waals surface area contributed by atoms with Gasteiger partial charge < -0.3 is 17.7 Å². The minimum atomic E-state index is -0.462. The van der Waals surface area contributed by atoms with Crippen LogP contribution in [0.25, 0.3) is 291 Å². The molecule has 20 aromatic carbocycles. The molecule has 0 atom stereocenters. The van der Waals surface area contributed by atoms with Crippen LogP contribution in [0.1, 0.15) is 12.4 Å². The fourth-order valence-corrected chi connectivity index (χ4v) is 22.1. The number of thiophene rings is 1. The number of fused-ring (bicyclic) bond motifs is 27. The SMILES string of the molecule is N#Cc1ccc(-c2ccc3sc4nc(-c5ccc6oc7ccccc7c6c5)c(-n5c6ccccc6c6cc7ccccc7cc65)nc4c3c2)cc1.[2H]c1c([2H])c([2H])c(-c2nc3c(nc2-n2c4ccccc4c4cc5ccccc5cc42)oc2ccccc23)c([2H])c1[2H].c1ccc(-c2cc3oc4nc(-c5ccc6oc7ccccc7c6c5)c(-n5c6ccccc6c6cc7ccccc7cc65)nc4c3cc2-c2ccccc2)cc1. The van der Waals surface area contributed by atoms with Crippen LogP contribution in [-0.2, 0) is 0 Å². The van der Waals surface area contributed by atoms with Crippen molar-refractivity contribution in [2.75, 3.05) is 0 Å². The van der Waals surface area contributed by atoms with Crippen LogP contribution in [0.4, 0.5) is 0 Å². The van der Waals surface area contributed by atoms with Gasteiger partial charge in [-0.25, -0.2) is 24.9 Å². The molecule has 11 aromatic heterocycles. The lowest BCUT2D eigenvalue weighted by Crippen LogP contribution is -2.03. The summed E-state index contributed by atoms with van der Waals surface area (Å²) in [7, 11) is 0. The molecule has 0 aliphatic carbocycles. The van der Waals surface area contributed by atoms with Crippen molar-refractivity contribution in [3.05, 3.63) is 442 Å². The van der Waals surface area contributed by atoms with Gasteiger partial charge in [0.05, 0.1) is 51.6 Å². The molecule has 0 unspecified atom stereocenters. The quantitative estimate of drug-likeness (QED) is 0.135. The first kappa shape index (κ1) is 75.0. The van der Waals surface area contributed by atoms with Gasteiger partial charge in [0, 0.05) is 91.4 Å². The zero-order valence-corrected chi connectivity index (χ0v) is 76.0. The Morgan fingerprint density at radius 2 is 0.627 bits per heavy atom. The first-order chi connectivity index (χ1) is 72.4. The number of hydrogen-bond acceptors (Lipinski definition) is 12. The largest absolute Gasteiger partial charge is 0.456 e. The molecule has 0 fully saturated rings. The van der Waals surface area contributed by atoms with Crippen LogP contribution in [0, 0.1) is 11.3 Å². The van der Waals surface area contributed by atoms with Gasteiger partial charge in [0.2, 0.25) is 11.4 Å². The van der Waals surface area contributed by atoms with Crippen molar-refractivity contribution < 1.29 is 24.5 Å². The normalized spacial score (nSPS) is 12.4. The third kappa shape index (κ3) is 12.9. The van der Waals surface area contributed by atoms with Crippen molar-refractivity contribution in [3.8, 4) is 90.7 Å². The lowest BCUT2D eigenvalue weighted by atomic mass is 9.93. The lowest BCUT2D eigenvalue weighted by molar-refractivity contribution is 0.651. The Kier molecular flexibility index (Phi) is 16.9. The Labute approximate surface area is 818 Å². The molecule has 14 nitrogen and oxygen atoms in total. The van der Waals surface area contributed by atoms with Crippen molar-refractivity contribution >= 4 is 218 Å². The summed E-state index contributed by atoms with van der Waals surface area (Å²) in [5.41, 5.74) is 24.3. The van der Waals surface area contributed by atoms with Crippen molar-refractivity contribution in [1.82, 2.24) is 43.6 Å². The Hall–Kier alpha value is -19.3. The van der Waals surface area contributed by atoms with E-state index in [-0.39, 0.29) is 23.3 Å². The number of nitrogens with zero attached hydrogens (tertiary/aromatic N) is 10.